The summed E-state index contributed by atoms with van der Waals surface area (Å²) in [5, 5.41) is 1.13. The molecule has 7 nitrogen and oxygen atoms in total. The van der Waals surface area contributed by atoms with Gasteiger partial charge in [-0.25, -0.2) is 9.97 Å². The molecule has 4 rings (SSSR count). The third-order valence-electron chi connectivity index (χ3n) is 5.65. The zero-order chi connectivity index (χ0) is 19.0. The first-order valence-electron chi connectivity index (χ1n) is 9.64. The molecule has 1 atom stereocenters. The number of nitrogens with two attached hydrogens (primary N) is 1. The number of morpholine rings is 1. The van der Waals surface area contributed by atoms with E-state index >= 15 is 0 Å². The van der Waals surface area contributed by atoms with E-state index in [4.69, 9.17) is 20.4 Å². The molecule has 2 N–H and O–H groups in total. The molecule has 0 spiro atoms. The Balaban J connectivity index is 1.71. The molecule has 2 fully saturated rings. The Morgan fingerprint density at radius 3 is 2.78 bits per heavy atom. The SMILES string of the molecule is Cc1sc2nc(CN3CCOCC3)nc(N3CCC[C@H](C(N)=O)C3)c2c1C. The van der Waals surface area contributed by atoms with Crippen LogP contribution in [0.3, 0.4) is 0 Å². The predicted octanol–water partition coefficient (Wildman–Crippen LogP) is 1.84. The zero-order valence-corrected chi connectivity index (χ0v) is 16.8. The van der Waals surface area contributed by atoms with Crippen LogP contribution in [0.1, 0.15) is 29.1 Å². The van der Waals surface area contributed by atoms with Crippen LogP contribution in [-0.4, -0.2) is 60.2 Å². The number of fused-ring (bicyclic) bond motifs is 1. The Morgan fingerprint density at radius 2 is 2.04 bits per heavy atom. The second-order valence-electron chi connectivity index (χ2n) is 7.50. The van der Waals surface area contributed by atoms with Crippen molar-refractivity contribution in [3.63, 3.8) is 0 Å². The molecule has 2 aliphatic rings. The normalized spacial score (nSPS) is 21.7. The molecule has 0 aromatic carbocycles. The third kappa shape index (κ3) is 3.79. The maximum absolute atomic E-state index is 11.7. The number of primary amides is 1. The van der Waals surface area contributed by atoms with Gasteiger partial charge in [0.05, 0.1) is 31.1 Å². The number of thiophene rings is 1. The van der Waals surface area contributed by atoms with E-state index in [-0.39, 0.29) is 11.8 Å². The third-order valence-corrected chi connectivity index (χ3v) is 6.75. The number of nitrogens with zero attached hydrogens (tertiary/aromatic N) is 4. The number of hydrogen-bond donors (Lipinski definition) is 1. The number of piperidine rings is 1. The lowest BCUT2D eigenvalue weighted by molar-refractivity contribution is -0.122. The lowest BCUT2D eigenvalue weighted by atomic mass is 9.97. The van der Waals surface area contributed by atoms with E-state index in [9.17, 15) is 4.79 Å². The van der Waals surface area contributed by atoms with Crippen molar-refractivity contribution in [1.29, 1.82) is 0 Å². The van der Waals surface area contributed by atoms with Crippen LogP contribution in [0, 0.1) is 19.8 Å². The summed E-state index contributed by atoms with van der Waals surface area (Å²) in [4.78, 5) is 28.5. The number of carbonyl (C=O) groups is 1. The smallest absolute Gasteiger partial charge is 0.222 e. The summed E-state index contributed by atoms with van der Waals surface area (Å²) in [6.07, 6.45) is 1.82. The molecule has 2 saturated heterocycles. The number of amides is 1. The van der Waals surface area contributed by atoms with E-state index in [1.165, 1.54) is 10.4 Å². The average molecular weight is 390 g/mol. The van der Waals surface area contributed by atoms with Gasteiger partial charge in [0, 0.05) is 31.1 Å². The van der Waals surface area contributed by atoms with Crippen LogP contribution in [0.2, 0.25) is 0 Å². The Hall–Kier alpha value is -1.77. The zero-order valence-electron chi connectivity index (χ0n) is 16.0. The van der Waals surface area contributed by atoms with Crippen molar-refractivity contribution in [3.8, 4) is 0 Å². The van der Waals surface area contributed by atoms with Crippen LogP contribution < -0.4 is 10.6 Å². The van der Waals surface area contributed by atoms with Gasteiger partial charge in [-0.05, 0) is 32.3 Å². The number of aromatic nitrogens is 2. The second-order valence-corrected chi connectivity index (χ2v) is 8.71. The lowest BCUT2D eigenvalue weighted by Gasteiger charge is -2.33. The first-order chi connectivity index (χ1) is 13.0. The summed E-state index contributed by atoms with van der Waals surface area (Å²) in [6.45, 7) is 9.90. The number of anilines is 1. The van der Waals surface area contributed by atoms with Gasteiger partial charge in [0.2, 0.25) is 5.91 Å². The van der Waals surface area contributed by atoms with Gasteiger partial charge in [0.1, 0.15) is 16.5 Å². The van der Waals surface area contributed by atoms with Crippen LogP contribution in [0.25, 0.3) is 10.2 Å². The molecule has 2 aromatic heterocycles. The highest BCUT2D eigenvalue weighted by Crippen LogP contribution is 2.36. The van der Waals surface area contributed by atoms with Gasteiger partial charge >= 0.3 is 0 Å². The highest BCUT2D eigenvalue weighted by atomic mass is 32.1. The average Bonchev–Trinajstić information content (AvgIpc) is 2.96. The van der Waals surface area contributed by atoms with E-state index in [2.05, 4.69) is 23.6 Å². The quantitative estimate of drug-likeness (QED) is 0.859. The first-order valence-corrected chi connectivity index (χ1v) is 10.5. The summed E-state index contributed by atoms with van der Waals surface area (Å²) >= 11 is 1.73. The van der Waals surface area contributed by atoms with Crippen molar-refractivity contribution in [1.82, 2.24) is 14.9 Å². The molecule has 4 heterocycles. The van der Waals surface area contributed by atoms with Gasteiger partial charge in [-0.3, -0.25) is 9.69 Å². The molecular formula is C19H27N5O2S. The van der Waals surface area contributed by atoms with Crippen molar-refractivity contribution in [2.45, 2.75) is 33.2 Å². The fraction of sp³-hybridized carbons (Fsp3) is 0.632. The molecular weight excluding hydrogens is 362 g/mol. The van der Waals surface area contributed by atoms with Gasteiger partial charge < -0.3 is 15.4 Å². The van der Waals surface area contributed by atoms with Gasteiger partial charge in [-0.1, -0.05) is 0 Å². The molecule has 0 bridgehead atoms. The summed E-state index contributed by atoms with van der Waals surface area (Å²) in [6, 6.07) is 0. The van der Waals surface area contributed by atoms with E-state index in [1.807, 2.05) is 0 Å². The Labute approximate surface area is 163 Å². The van der Waals surface area contributed by atoms with E-state index in [1.54, 1.807) is 11.3 Å². The van der Waals surface area contributed by atoms with Gasteiger partial charge in [0.15, 0.2) is 0 Å². The minimum absolute atomic E-state index is 0.105. The summed E-state index contributed by atoms with van der Waals surface area (Å²) < 4.78 is 5.45. The van der Waals surface area contributed by atoms with Crippen molar-refractivity contribution in [3.05, 3.63) is 16.3 Å². The molecule has 0 aliphatic carbocycles. The number of carbonyl (C=O) groups excluding carboxylic acids is 1. The minimum atomic E-state index is -0.211. The van der Waals surface area contributed by atoms with Crippen molar-refractivity contribution in [2.75, 3.05) is 44.3 Å². The van der Waals surface area contributed by atoms with Crippen LogP contribution in [0.5, 0.6) is 0 Å². The number of aryl methyl sites for hydroxylation is 2. The largest absolute Gasteiger partial charge is 0.379 e. The molecule has 8 heteroatoms. The predicted molar refractivity (Wildman–Crippen MR) is 107 cm³/mol. The number of rotatable bonds is 4. The minimum Gasteiger partial charge on any atom is -0.379 e. The molecule has 1 amide bonds. The van der Waals surface area contributed by atoms with E-state index < -0.39 is 0 Å². The standard InChI is InChI=1S/C19H27N5O2S/c1-12-13(2)27-19-16(12)18(24-5-3-4-14(10-24)17(20)25)21-15(22-19)11-23-6-8-26-9-7-23/h14H,3-11H2,1-2H3,(H2,20,25)/t14-/m0/s1. The maximum atomic E-state index is 11.7. The van der Waals surface area contributed by atoms with Crippen LogP contribution in [0.15, 0.2) is 0 Å². The van der Waals surface area contributed by atoms with Gasteiger partial charge in [-0.15, -0.1) is 11.3 Å². The highest BCUT2D eigenvalue weighted by molar-refractivity contribution is 7.18. The molecule has 0 radical (unpaired) electrons. The van der Waals surface area contributed by atoms with E-state index in [0.717, 1.165) is 74.1 Å². The van der Waals surface area contributed by atoms with Crippen LogP contribution in [-0.2, 0) is 16.1 Å². The van der Waals surface area contributed by atoms with Crippen molar-refractivity contribution < 1.29 is 9.53 Å². The second kappa shape index (κ2) is 7.69. The Bertz CT molecular complexity index is 846. The molecule has 2 aliphatic heterocycles. The number of ether oxygens (including phenoxy) is 1. The number of hydrogen-bond acceptors (Lipinski definition) is 7. The Morgan fingerprint density at radius 1 is 1.26 bits per heavy atom. The monoisotopic (exact) mass is 389 g/mol. The van der Waals surface area contributed by atoms with Crippen molar-refractivity contribution in [2.24, 2.45) is 11.7 Å². The maximum Gasteiger partial charge on any atom is 0.222 e. The highest BCUT2D eigenvalue weighted by Gasteiger charge is 2.28. The summed E-state index contributed by atoms with van der Waals surface area (Å²) in [5.41, 5.74) is 6.83. The summed E-state index contributed by atoms with van der Waals surface area (Å²) in [7, 11) is 0. The van der Waals surface area contributed by atoms with Crippen molar-refractivity contribution >= 4 is 33.3 Å². The molecule has 2 aromatic rings. The fourth-order valence-corrected chi connectivity index (χ4v) is 4.97. The van der Waals surface area contributed by atoms with E-state index in [0.29, 0.717) is 6.54 Å². The van der Waals surface area contributed by atoms with Crippen LogP contribution in [0.4, 0.5) is 5.82 Å². The topological polar surface area (TPSA) is 84.6 Å². The summed E-state index contributed by atoms with van der Waals surface area (Å²) in [5.74, 6) is 1.50. The molecule has 0 unspecified atom stereocenters. The first kappa shape index (κ1) is 18.6. The van der Waals surface area contributed by atoms with Crippen LogP contribution >= 0.6 is 11.3 Å². The Kier molecular flexibility index (Phi) is 5.29. The lowest BCUT2D eigenvalue weighted by Crippen LogP contribution is -2.42. The fourth-order valence-electron chi connectivity index (χ4n) is 3.93. The molecule has 0 saturated carbocycles. The van der Waals surface area contributed by atoms with Gasteiger partial charge in [-0.2, -0.15) is 0 Å². The molecule has 27 heavy (non-hydrogen) atoms. The molecule has 146 valence electrons. The van der Waals surface area contributed by atoms with Gasteiger partial charge in [0.25, 0.3) is 0 Å².